The van der Waals surface area contributed by atoms with Crippen molar-refractivity contribution in [3.05, 3.63) is 64.9 Å². The van der Waals surface area contributed by atoms with Crippen molar-refractivity contribution in [2.24, 2.45) is 0 Å². The molecule has 2 rings (SSSR count). The van der Waals surface area contributed by atoms with Gasteiger partial charge in [-0.3, -0.25) is 0 Å². The highest BCUT2D eigenvalue weighted by Gasteiger charge is 2.19. The lowest BCUT2D eigenvalue weighted by Gasteiger charge is -2.18. The van der Waals surface area contributed by atoms with Gasteiger partial charge < -0.3 is 25.2 Å². The van der Waals surface area contributed by atoms with Crippen molar-refractivity contribution in [1.29, 1.82) is 0 Å². The lowest BCUT2D eigenvalue weighted by Crippen LogP contribution is -2.17. The third-order valence-corrected chi connectivity index (χ3v) is 3.92. The van der Waals surface area contributed by atoms with Crippen molar-refractivity contribution in [3.8, 4) is 0 Å². The molecule has 3 N–H and O–H groups in total. The van der Waals surface area contributed by atoms with E-state index in [1.165, 1.54) is 19.2 Å². The van der Waals surface area contributed by atoms with E-state index in [9.17, 15) is 19.5 Å². The van der Waals surface area contributed by atoms with Crippen molar-refractivity contribution in [2.75, 3.05) is 24.9 Å². The van der Waals surface area contributed by atoms with E-state index in [4.69, 9.17) is 0 Å². The lowest BCUT2D eigenvalue weighted by molar-refractivity contribution is -0.138. The van der Waals surface area contributed by atoms with Gasteiger partial charge in [0.15, 0.2) is 0 Å². The van der Waals surface area contributed by atoms with Crippen LogP contribution in [0.1, 0.15) is 21.5 Å². The number of aromatic carboxylic acids is 1. The first-order chi connectivity index (χ1) is 13.7. The van der Waals surface area contributed by atoms with Gasteiger partial charge in [0.25, 0.3) is 0 Å². The van der Waals surface area contributed by atoms with Crippen LogP contribution in [0.4, 0.5) is 17.1 Å². The predicted molar refractivity (Wildman–Crippen MR) is 108 cm³/mol. The second kappa shape index (κ2) is 9.41. The van der Waals surface area contributed by atoms with Crippen LogP contribution in [0.5, 0.6) is 0 Å². The molecule has 0 aliphatic heterocycles. The molecule has 0 aliphatic rings. The zero-order chi connectivity index (χ0) is 21.6. The highest BCUT2D eigenvalue weighted by Crippen LogP contribution is 2.31. The molecule has 0 saturated heterocycles. The molecule has 0 heterocycles. The Hall–Kier alpha value is -3.81. The van der Waals surface area contributed by atoms with Gasteiger partial charge in [-0.15, -0.1) is 0 Å². The number of esters is 2. The SMILES string of the molecule is COC(=O)/C=C(/Nc1cccc(C(=O)O)c1Nc1cc(C)cc(C)c1)C(=O)OC. The molecule has 0 atom stereocenters. The molecule has 2 aromatic carbocycles. The third kappa shape index (κ3) is 5.58. The van der Waals surface area contributed by atoms with E-state index in [0.29, 0.717) is 5.69 Å². The molecule has 152 valence electrons. The van der Waals surface area contributed by atoms with Crippen LogP contribution in [0.25, 0.3) is 0 Å². The van der Waals surface area contributed by atoms with Crippen molar-refractivity contribution < 1.29 is 29.0 Å². The number of ether oxygens (including phenoxy) is 2. The van der Waals surface area contributed by atoms with E-state index >= 15 is 0 Å². The number of carboxylic acid groups (broad SMARTS) is 1. The van der Waals surface area contributed by atoms with Crippen LogP contribution < -0.4 is 10.6 Å². The molecule has 0 saturated carbocycles. The fraction of sp³-hybridized carbons (Fsp3) is 0.190. The summed E-state index contributed by atoms with van der Waals surface area (Å²) in [5, 5.41) is 15.5. The number of rotatable bonds is 7. The molecule has 8 nitrogen and oxygen atoms in total. The normalized spacial score (nSPS) is 10.8. The van der Waals surface area contributed by atoms with Crippen LogP contribution in [0.2, 0.25) is 0 Å². The standard InChI is InChI=1S/C21H22N2O6/c1-12-8-13(2)10-14(9-12)22-19-15(20(25)26)6-5-7-16(19)23-17(21(27)29-4)11-18(24)28-3/h5-11,22-23H,1-4H3,(H,25,26)/b17-11+. The van der Waals surface area contributed by atoms with Crippen molar-refractivity contribution in [1.82, 2.24) is 0 Å². The third-order valence-electron chi connectivity index (χ3n) is 3.92. The van der Waals surface area contributed by atoms with Crippen LogP contribution in [0.3, 0.4) is 0 Å². The summed E-state index contributed by atoms with van der Waals surface area (Å²) in [6.45, 7) is 3.85. The first-order valence-corrected chi connectivity index (χ1v) is 8.61. The number of benzene rings is 2. The highest BCUT2D eigenvalue weighted by atomic mass is 16.5. The monoisotopic (exact) mass is 398 g/mol. The fourth-order valence-electron chi connectivity index (χ4n) is 2.74. The Labute approximate surface area is 168 Å². The summed E-state index contributed by atoms with van der Waals surface area (Å²) in [6, 6.07) is 10.2. The van der Waals surface area contributed by atoms with Gasteiger partial charge >= 0.3 is 17.9 Å². The molecule has 0 aromatic heterocycles. The van der Waals surface area contributed by atoms with Crippen molar-refractivity contribution in [3.63, 3.8) is 0 Å². The first-order valence-electron chi connectivity index (χ1n) is 8.61. The Morgan fingerprint density at radius 1 is 1.00 bits per heavy atom. The van der Waals surface area contributed by atoms with E-state index in [2.05, 4.69) is 20.1 Å². The number of carboxylic acids is 1. The molecular formula is C21H22N2O6. The Kier molecular flexibility index (Phi) is 6.97. The zero-order valence-electron chi connectivity index (χ0n) is 16.5. The van der Waals surface area contributed by atoms with Gasteiger partial charge in [0.1, 0.15) is 5.70 Å². The number of hydrogen-bond donors (Lipinski definition) is 3. The van der Waals surface area contributed by atoms with Crippen LogP contribution >= 0.6 is 0 Å². The Morgan fingerprint density at radius 3 is 2.21 bits per heavy atom. The van der Waals surface area contributed by atoms with Crippen LogP contribution in [0.15, 0.2) is 48.2 Å². The Balaban J connectivity index is 2.55. The number of methoxy groups -OCH3 is 2. The first kappa shape index (κ1) is 21.5. The van der Waals surface area contributed by atoms with Gasteiger partial charge in [0.05, 0.1) is 37.2 Å². The van der Waals surface area contributed by atoms with Gasteiger partial charge in [-0.2, -0.15) is 0 Å². The summed E-state index contributed by atoms with van der Waals surface area (Å²) in [7, 11) is 2.34. The summed E-state index contributed by atoms with van der Waals surface area (Å²) in [6.07, 6.45) is 0.930. The molecule has 0 spiro atoms. The number of nitrogens with one attached hydrogen (secondary N) is 2. The molecule has 0 amide bonds. The number of carbonyl (C=O) groups excluding carboxylic acids is 2. The second-order valence-electron chi connectivity index (χ2n) is 6.23. The van der Waals surface area contributed by atoms with Crippen LogP contribution in [0, 0.1) is 13.8 Å². The zero-order valence-corrected chi connectivity index (χ0v) is 16.5. The summed E-state index contributed by atoms with van der Waals surface area (Å²) >= 11 is 0. The predicted octanol–water partition coefficient (Wildman–Crippen LogP) is 3.39. The molecule has 0 unspecified atom stereocenters. The van der Waals surface area contributed by atoms with E-state index in [-0.39, 0.29) is 22.6 Å². The van der Waals surface area contributed by atoms with Gasteiger partial charge in [-0.1, -0.05) is 12.1 Å². The molecule has 0 aliphatic carbocycles. The second-order valence-corrected chi connectivity index (χ2v) is 6.23. The number of para-hydroxylation sites is 1. The lowest BCUT2D eigenvalue weighted by atomic mass is 10.1. The minimum atomic E-state index is -1.16. The smallest absolute Gasteiger partial charge is 0.354 e. The molecule has 0 fully saturated rings. The Bertz CT molecular complexity index is 961. The molecular weight excluding hydrogens is 376 g/mol. The van der Waals surface area contributed by atoms with Crippen LogP contribution in [-0.4, -0.2) is 37.2 Å². The molecule has 0 bridgehead atoms. The maximum atomic E-state index is 12.0. The topological polar surface area (TPSA) is 114 Å². The quantitative estimate of drug-likeness (QED) is 0.480. The van der Waals surface area contributed by atoms with Gasteiger partial charge in [-0.05, 0) is 49.2 Å². The van der Waals surface area contributed by atoms with Crippen LogP contribution in [-0.2, 0) is 19.1 Å². The summed E-state index contributed by atoms with van der Waals surface area (Å²) < 4.78 is 9.24. The number of hydrogen-bond acceptors (Lipinski definition) is 7. The summed E-state index contributed by atoms with van der Waals surface area (Å²) in [4.78, 5) is 35.4. The highest BCUT2D eigenvalue weighted by molar-refractivity contribution is 6.03. The largest absolute Gasteiger partial charge is 0.478 e. The summed E-state index contributed by atoms with van der Waals surface area (Å²) in [5.41, 5.74) is 2.94. The molecule has 0 radical (unpaired) electrons. The van der Waals surface area contributed by atoms with E-state index in [1.54, 1.807) is 6.07 Å². The van der Waals surface area contributed by atoms with E-state index in [0.717, 1.165) is 24.3 Å². The van der Waals surface area contributed by atoms with Gasteiger partial charge in [0, 0.05) is 5.69 Å². The Morgan fingerprint density at radius 2 is 1.66 bits per heavy atom. The maximum Gasteiger partial charge on any atom is 0.354 e. The van der Waals surface area contributed by atoms with Gasteiger partial charge in [-0.25, -0.2) is 14.4 Å². The number of carbonyl (C=O) groups is 3. The van der Waals surface area contributed by atoms with E-state index in [1.807, 2.05) is 32.0 Å². The summed E-state index contributed by atoms with van der Waals surface area (Å²) in [5.74, 6) is -2.73. The van der Waals surface area contributed by atoms with Crippen molar-refractivity contribution >= 4 is 35.0 Å². The number of anilines is 3. The van der Waals surface area contributed by atoms with Crippen molar-refractivity contribution in [2.45, 2.75) is 13.8 Å². The molecule has 8 heteroatoms. The average Bonchev–Trinajstić information content (AvgIpc) is 2.66. The number of aryl methyl sites for hydroxylation is 2. The molecule has 2 aromatic rings. The maximum absolute atomic E-state index is 12.0. The minimum Gasteiger partial charge on any atom is -0.478 e. The average molecular weight is 398 g/mol. The molecule has 29 heavy (non-hydrogen) atoms. The van der Waals surface area contributed by atoms with Gasteiger partial charge in [0.2, 0.25) is 0 Å². The van der Waals surface area contributed by atoms with E-state index < -0.39 is 17.9 Å². The fourth-order valence-corrected chi connectivity index (χ4v) is 2.74. The minimum absolute atomic E-state index is 0.0172.